The number of rotatable bonds is 2. The van der Waals surface area contributed by atoms with E-state index in [0.717, 1.165) is 16.8 Å². The van der Waals surface area contributed by atoms with Crippen molar-refractivity contribution in [2.24, 2.45) is 5.92 Å². The molecule has 0 radical (unpaired) electrons. The van der Waals surface area contributed by atoms with Gasteiger partial charge in [-0.05, 0) is 43.5 Å². The summed E-state index contributed by atoms with van der Waals surface area (Å²) < 4.78 is 22.7. The Labute approximate surface area is 107 Å². The summed E-state index contributed by atoms with van der Waals surface area (Å²) in [5, 5.41) is 2.80. The van der Waals surface area contributed by atoms with Gasteiger partial charge in [-0.2, -0.15) is 0 Å². The van der Waals surface area contributed by atoms with Gasteiger partial charge in [0.1, 0.15) is 0 Å². The number of amides is 1. The monoisotopic (exact) mass is 267 g/mol. The molecule has 1 amide bonds. The van der Waals surface area contributed by atoms with Crippen molar-refractivity contribution in [3.05, 3.63) is 29.3 Å². The summed E-state index contributed by atoms with van der Waals surface area (Å²) in [6.07, 6.45) is 0.430. The van der Waals surface area contributed by atoms with E-state index in [9.17, 15) is 13.2 Å². The minimum atomic E-state index is -3.01. The second-order valence-corrected chi connectivity index (χ2v) is 7.19. The van der Waals surface area contributed by atoms with Gasteiger partial charge >= 0.3 is 0 Å². The van der Waals surface area contributed by atoms with Crippen LogP contribution in [0.5, 0.6) is 0 Å². The van der Waals surface area contributed by atoms with E-state index in [-0.39, 0.29) is 17.4 Å². The first-order chi connectivity index (χ1) is 8.35. The Hall–Kier alpha value is -1.36. The molecule has 1 heterocycles. The van der Waals surface area contributed by atoms with Gasteiger partial charge in [-0.15, -0.1) is 0 Å². The molecule has 98 valence electrons. The predicted molar refractivity (Wildman–Crippen MR) is 71.3 cm³/mol. The summed E-state index contributed by atoms with van der Waals surface area (Å²) in [6, 6.07) is 5.79. The van der Waals surface area contributed by atoms with Crippen LogP contribution in [0.15, 0.2) is 18.2 Å². The van der Waals surface area contributed by atoms with Crippen molar-refractivity contribution < 1.29 is 13.2 Å². The van der Waals surface area contributed by atoms with Crippen molar-refractivity contribution in [2.75, 3.05) is 16.8 Å². The molecule has 0 bridgehead atoms. The highest BCUT2D eigenvalue weighted by Gasteiger charge is 2.32. The number of carbonyl (C=O) groups is 1. The van der Waals surface area contributed by atoms with Crippen molar-refractivity contribution in [1.82, 2.24) is 0 Å². The Morgan fingerprint density at radius 2 is 1.83 bits per heavy atom. The lowest BCUT2D eigenvalue weighted by molar-refractivity contribution is -0.119. The standard InChI is InChI=1S/C13H17NO3S/c1-9-5-10(2)7-12(6-9)14-13(15)11-3-4-18(16,17)8-11/h5-7,11H,3-4,8H2,1-2H3,(H,14,15). The quantitative estimate of drug-likeness (QED) is 0.886. The van der Waals surface area contributed by atoms with Gasteiger partial charge in [0.05, 0.1) is 17.4 Å². The fourth-order valence-corrected chi connectivity index (χ4v) is 4.03. The maximum Gasteiger partial charge on any atom is 0.228 e. The van der Waals surface area contributed by atoms with Crippen LogP contribution in [0.4, 0.5) is 5.69 Å². The molecule has 1 aliphatic heterocycles. The van der Waals surface area contributed by atoms with Crippen LogP contribution in [-0.2, 0) is 14.6 Å². The van der Waals surface area contributed by atoms with E-state index in [0.29, 0.717) is 6.42 Å². The summed E-state index contributed by atoms with van der Waals surface area (Å²) in [4.78, 5) is 11.9. The second-order valence-electron chi connectivity index (χ2n) is 4.97. The van der Waals surface area contributed by atoms with Crippen molar-refractivity contribution in [1.29, 1.82) is 0 Å². The fourth-order valence-electron chi connectivity index (χ4n) is 2.29. The summed E-state index contributed by atoms with van der Waals surface area (Å²) in [5.74, 6) is -0.501. The van der Waals surface area contributed by atoms with Crippen LogP contribution < -0.4 is 5.32 Å². The van der Waals surface area contributed by atoms with E-state index >= 15 is 0 Å². The van der Waals surface area contributed by atoms with Crippen LogP contribution in [0.25, 0.3) is 0 Å². The normalized spacial score (nSPS) is 21.8. The lowest BCUT2D eigenvalue weighted by atomic mass is 10.1. The predicted octanol–water partition coefficient (Wildman–Crippen LogP) is 1.68. The number of nitrogens with one attached hydrogen (secondary N) is 1. The maximum atomic E-state index is 11.9. The topological polar surface area (TPSA) is 63.2 Å². The summed E-state index contributed by atoms with van der Waals surface area (Å²) in [7, 11) is -3.01. The molecular weight excluding hydrogens is 250 g/mol. The van der Waals surface area contributed by atoms with E-state index < -0.39 is 15.8 Å². The number of anilines is 1. The molecule has 1 aromatic rings. The second kappa shape index (κ2) is 4.72. The lowest BCUT2D eigenvalue weighted by Gasteiger charge is -2.10. The largest absolute Gasteiger partial charge is 0.326 e. The number of hydrogen-bond acceptors (Lipinski definition) is 3. The Morgan fingerprint density at radius 1 is 1.22 bits per heavy atom. The van der Waals surface area contributed by atoms with Gasteiger partial charge in [-0.1, -0.05) is 6.07 Å². The van der Waals surface area contributed by atoms with Gasteiger partial charge < -0.3 is 5.32 Å². The van der Waals surface area contributed by atoms with Gasteiger partial charge in [0.25, 0.3) is 0 Å². The minimum absolute atomic E-state index is 0.0242. The summed E-state index contributed by atoms with van der Waals surface area (Å²) >= 11 is 0. The fraction of sp³-hybridized carbons (Fsp3) is 0.462. The highest BCUT2D eigenvalue weighted by atomic mass is 32.2. The van der Waals surface area contributed by atoms with Crippen LogP contribution in [0.2, 0.25) is 0 Å². The van der Waals surface area contributed by atoms with Crippen molar-refractivity contribution in [2.45, 2.75) is 20.3 Å². The molecule has 1 aromatic carbocycles. The highest BCUT2D eigenvalue weighted by Crippen LogP contribution is 2.21. The first-order valence-electron chi connectivity index (χ1n) is 5.95. The van der Waals surface area contributed by atoms with E-state index in [2.05, 4.69) is 5.32 Å². The van der Waals surface area contributed by atoms with Crippen molar-refractivity contribution in [3.8, 4) is 0 Å². The molecule has 1 N–H and O–H groups in total. The molecule has 1 aliphatic rings. The lowest BCUT2D eigenvalue weighted by Crippen LogP contribution is -2.23. The molecule has 2 rings (SSSR count). The van der Waals surface area contributed by atoms with Crippen LogP contribution >= 0.6 is 0 Å². The van der Waals surface area contributed by atoms with E-state index in [1.807, 2.05) is 32.0 Å². The number of carbonyl (C=O) groups excluding carboxylic acids is 1. The zero-order chi connectivity index (χ0) is 13.3. The van der Waals surface area contributed by atoms with Gasteiger partial charge in [-0.25, -0.2) is 8.42 Å². The smallest absolute Gasteiger partial charge is 0.228 e. The molecule has 1 saturated heterocycles. The Morgan fingerprint density at radius 3 is 2.33 bits per heavy atom. The number of aryl methyl sites for hydroxylation is 2. The van der Waals surface area contributed by atoms with E-state index in [1.54, 1.807) is 0 Å². The first-order valence-corrected chi connectivity index (χ1v) is 7.77. The SMILES string of the molecule is Cc1cc(C)cc(NC(=O)C2CCS(=O)(=O)C2)c1. The summed E-state index contributed by atoms with van der Waals surface area (Å²) in [6.45, 7) is 3.92. The number of hydrogen-bond donors (Lipinski definition) is 1. The zero-order valence-corrected chi connectivity index (χ0v) is 11.4. The number of sulfone groups is 1. The van der Waals surface area contributed by atoms with Crippen LogP contribution in [-0.4, -0.2) is 25.8 Å². The minimum Gasteiger partial charge on any atom is -0.326 e. The average molecular weight is 267 g/mol. The first kappa shape index (κ1) is 13.1. The molecule has 0 spiro atoms. The Bertz CT molecular complexity index is 558. The molecule has 1 fully saturated rings. The molecule has 4 nitrogen and oxygen atoms in total. The highest BCUT2D eigenvalue weighted by molar-refractivity contribution is 7.91. The van der Waals surface area contributed by atoms with Gasteiger partial charge in [0.15, 0.2) is 9.84 Å². The molecule has 0 aromatic heterocycles. The van der Waals surface area contributed by atoms with Gasteiger partial charge in [0, 0.05) is 5.69 Å². The van der Waals surface area contributed by atoms with Crippen molar-refractivity contribution in [3.63, 3.8) is 0 Å². The molecule has 1 unspecified atom stereocenters. The van der Waals surface area contributed by atoms with E-state index in [4.69, 9.17) is 0 Å². The van der Waals surface area contributed by atoms with Gasteiger partial charge in [-0.3, -0.25) is 4.79 Å². The van der Waals surface area contributed by atoms with E-state index in [1.165, 1.54) is 0 Å². The molecule has 5 heteroatoms. The molecule has 18 heavy (non-hydrogen) atoms. The van der Waals surface area contributed by atoms with Crippen molar-refractivity contribution >= 4 is 21.4 Å². The Balaban J connectivity index is 2.08. The zero-order valence-electron chi connectivity index (χ0n) is 10.6. The number of benzene rings is 1. The third-order valence-corrected chi connectivity index (χ3v) is 4.86. The van der Waals surface area contributed by atoms with Gasteiger partial charge in [0.2, 0.25) is 5.91 Å². The van der Waals surface area contributed by atoms with Crippen LogP contribution in [0, 0.1) is 19.8 Å². The third kappa shape index (κ3) is 3.10. The third-order valence-electron chi connectivity index (χ3n) is 3.09. The molecule has 1 atom stereocenters. The molecule has 0 aliphatic carbocycles. The molecular formula is C13H17NO3S. The summed E-state index contributed by atoms with van der Waals surface area (Å²) in [5.41, 5.74) is 2.88. The average Bonchev–Trinajstić information content (AvgIpc) is 2.57. The Kier molecular flexibility index (Phi) is 3.43. The maximum absolute atomic E-state index is 11.9. The van der Waals surface area contributed by atoms with Crippen LogP contribution in [0.3, 0.4) is 0 Å². The van der Waals surface area contributed by atoms with Crippen LogP contribution in [0.1, 0.15) is 17.5 Å². The molecule has 0 saturated carbocycles.